The summed E-state index contributed by atoms with van der Waals surface area (Å²) in [4.78, 5) is 5.23. The predicted molar refractivity (Wildman–Crippen MR) is 138 cm³/mol. The Kier molecular flexibility index (Phi) is 6.37. The highest BCUT2D eigenvalue weighted by atomic mass is 32.2. The molecule has 4 nitrogen and oxygen atoms in total. The summed E-state index contributed by atoms with van der Waals surface area (Å²) in [6.07, 6.45) is 5.88. The molecule has 178 valence electrons. The monoisotopic (exact) mass is 504 g/mol. The van der Waals surface area contributed by atoms with E-state index in [2.05, 4.69) is 41.9 Å². The van der Waals surface area contributed by atoms with Crippen molar-refractivity contribution in [1.82, 2.24) is 4.98 Å². The molecule has 0 saturated heterocycles. The Hall–Kier alpha value is -3.18. The number of thiophene rings is 1. The Morgan fingerprint density at radius 2 is 1.94 bits per heavy atom. The fraction of sp³-hybridized carbons (Fsp3) is 0.214. The van der Waals surface area contributed by atoms with E-state index in [1.54, 1.807) is 17.4 Å². The molecule has 5 rings (SSSR count). The van der Waals surface area contributed by atoms with Crippen molar-refractivity contribution in [3.05, 3.63) is 98.7 Å². The normalized spacial score (nSPS) is 13.5. The summed E-state index contributed by atoms with van der Waals surface area (Å²) >= 11 is 1.67. The first kappa shape index (κ1) is 23.6. The quantitative estimate of drug-likeness (QED) is 0.327. The summed E-state index contributed by atoms with van der Waals surface area (Å²) in [5.74, 6) is 6.35. The summed E-state index contributed by atoms with van der Waals surface area (Å²) in [6.45, 7) is 2.07. The van der Waals surface area contributed by atoms with Gasteiger partial charge in [-0.2, -0.15) is 0 Å². The molecule has 1 fully saturated rings. The summed E-state index contributed by atoms with van der Waals surface area (Å²) in [7, 11) is -4.10. The molecule has 2 aromatic heterocycles. The second kappa shape index (κ2) is 9.46. The van der Waals surface area contributed by atoms with Crippen LogP contribution in [0.25, 0.3) is 11.1 Å². The number of sulfonamides is 1. The van der Waals surface area contributed by atoms with E-state index in [0.29, 0.717) is 17.9 Å². The minimum Gasteiger partial charge on any atom is -0.364 e. The van der Waals surface area contributed by atoms with Gasteiger partial charge >= 0.3 is 0 Å². The molecule has 0 spiro atoms. The van der Waals surface area contributed by atoms with Crippen molar-refractivity contribution in [1.29, 1.82) is 0 Å². The molecule has 35 heavy (non-hydrogen) atoms. The number of nitrogens with two attached hydrogens (primary N) is 1. The average Bonchev–Trinajstić information content (AvgIpc) is 3.40. The average molecular weight is 505 g/mol. The maximum absolute atomic E-state index is 14.5. The number of hydrogen-bond acceptors (Lipinski definition) is 3. The van der Waals surface area contributed by atoms with E-state index in [0.717, 1.165) is 39.2 Å². The third-order valence-corrected chi connectivity index (χ3v) is 8.06. The van der Waals surface area contributed by atoms with Gasteiger partial charge < -0.3 is 4.98 Å². The molecular weight excluding hydrogens is 479 g/mol. The lowest BCUT2D eigenvalue weighted by molar-refractivity contribution is 0.567. The number of benzene rings is 2. The Bertz CT molecular complexity index is 1570. The van der Waals surface area contributed by atoms with E-state index in [1.807, 2.05) is 24.4 Å². The highest BCUT2D eigenvalue weighted by Crippen LogP contribution is 2.36. The van der Waals surface area contributed by atoms with Crippen LogP contribution in [0.1, 0.15) is 45.0 Å². The number of aryl methyl sites for hydroxylation is 1. The van der Waals surface area contributed by atoms with Gasteiger partial charge in [-0.15, -0.1) is 11.3 Å². The van der Waals surface area contributed by atoms with Gasteiger partial charge in [-0.25, -0.2) is 17.9 Å². The molecule has 0 atom stereocenters. The van der Waals surface area contributed by atoms with Crippen LogP contribution in [0.3, 0.4) is 0 Å². The molecule has 4 aromatic rings. The fourth-order valence-corrected chi connectivity index (χ4v) is 5.55. The first-order valence-corrected chi connectivity index (χ1v) is 13.8. The van der Waals surface area contributed by atoms with Gasteiger partial charge in [-0.1, -0.05) is 30.0 Å². The van der Waals surface area contributed by atoms with E-state index in [1.165, 1.54) is 29.9 Å². The van der Waals surface area contributed by atoms with Crippen molar-refractivity contribution in [3.63, 3.8) is 0 Å². The summed E-state index contributed by atoms with van der Waals surface area (Å²) in [6, 6.07) is 16.4. The molecule has 0 unspecified atom stereocenters. The van der Waals surface area contributed by atoms with Gasteiger partial charge in [0.05, 0.1) is 4.88 Å². The van der Waals surface area contributed by atoms with Gasteiger partial charge in [0.2, 0.25) is 10.0 Å². The SMILES string of the molecule is Cc1ccc(C#Cc2cccc(-c3c[nH]c(CC4CC4)c3Cc3ccc(S(N)(=O)=O)c(F)c3)c2)s1. The van der Waals surface area contributed by atoms with Crippen molar-refractivity contribution in [2.45, 2.75) is 37.5 Å². The molecule has 7 heteroatoms. The molecule has 2 heterocycles. The second-order valence-corrected chi connectivity index (χ2v) is 11.9. The summed E-state index contributed by atoms with van der Waals surface area (Å²) in [5, 5.41) is 5.12. The van der Waals surface area contributed by atoms with E-state index < -0.39 is 20.7 Å². The maximum Gasteiger partial charge on any atom is 0.240 e. The second-order valence-electron chi connectivity index (χ2n) is 9.03. The van der Waals surface area contributed by atoms with Gasteiger partial charge in [0, 0.05) is 27.9 Å². The number of aromatic amines is 1. The van der Waals surface area contributed by atoms with Crippen LogP contribution in [0.2, 0.25) is 0 Å². The third-order valence-electron chi connectivity index (χ3n) is 6.20. The smallest absolute Gasteiger partial charge is 0.240 e. The molecule has 0 radical (unpaired) electrons. The highest BCUT2D eigenvalue weighted by molar-refractivity contribution is 7.89. The van der Waals surface area contributed by atoms with Crippen molar-refractivity contribution in [2.75, 3.05) is 0 Å². The van der Waals surface area contributed by atoms with E-state index in [4.69, 9.17) is 5.14 Å². The van der Waals surface area contributed by atoms with Gasteiger partial charge in [-0.05, 0) is 91.6 Å². The van der Waals surface area contributed by atoms with Crippen molar-refractivity contribution in [2.24, 2.45) is 11.1 Å². The van der Waals surface area contributed by atoms with Crippen molar-refractivity contribution in [3.8, 4) is 23.0 Å². The molecular formula is C28H25FN2O2S2. The molecule has 1 aliphatic rings. The van der Waals surface area contributed by atoms with Crippen LogP contribution in [0.15, 0.2) is 65.7 Å². The topological polar surface area (TPSA) is 76.0 Å². The van der Waals surface area contributed by atoms with Crippen LogP contribution >= 0.6 is 11.3 Å². The zero-order chi connectivity index (χ0) is 24.6. The minimum absolute atomic E-state index is 0.479. The maximum atomic E-state index is 14.5. The Morgan fingerprint density at radius 1 is 1.11 bits per heavy atom. The van der Waals surface area contributed by atoms with Crippen LogP contribution in [-0.4, -0.2) is 13.4 Å². The zero-order valence-corrected chi connectivity index (χ0v) is 20.9. The third kappa shape index (κ3) is 5.57. The standard InChI is InChI=1S/C28H25FN2O2S2/c1-18-5-10-23(34-18)11-8-19-3-2-4-22(13-19)25-17-31-27(16-20-6-7-20)24(25)14-21-9-12-28(26(29)15-21)35(30,32)33/h2-5,9-10,12-13,15,17,20,31H,6-7,14,16H2,1H3,(H2,30,32,33). The van der Waals surface area contributed by atoms with Gasteiger partial charge in [0.15, 0.2) is 0 Å². The summed E-state index contributed by atoms with van der Waals surface area (Å²) < 4.78 is 37.7. The molecule has 1 saturated carbocycles. The largest absolute Gasteiger partial charge is 0.364 e. The number of rotatable bonds is 6. The van der Waals surface area contributed by atoms with Crippen LogP contribution < -0.4 is 5.14 Å². The molecule has 3 N–H and O–H groups in total. The van der Waals surface area contributed by atoms with E-state index in [-0.39, 0.29) is 0 Å². The number of primary sulfonamides is 1. The number of H-pyrrole nitrogens is 1. The molecule has 0 bridgehead atoms. The summed E-state index contributed by atoms with van der Waals surface area (Å²) in [5.41, 5.74) is 5.94. The number of hydrogen-bond donors (Lipinski definition) is 2. The van der Waals surface area contributed by atoms with Crippen molar-refractivity contribution < 1.29 is 12.8 Å². The molecule has 0 aliphatic heterocycles. The number of nitrogens with one attached hydrogen (secondary N) is 1. The lowest BCUT2D eigenvalue weighted by Crippen LogP contribution is -2.14. The number of aromatic nitrogens is 1. The number of halogens is 1. The Balaban J connectivity index is 1.49. The Labute approximate surface area is 209 Å². The highest BCUT2D eigenvalue weighted by Gasteiger charge is 2.25. The first-order chi connectivity index (χ1) is 16.8. The van der Waals surface area contributed by atoms with Gasteiger partial charge in [-0.3, -0.25) is 0 Å². The van der Waals surface area contributed by atoms with Crippen LogP contribution in [0.5, 0.6) is 0 Å². The van der Waals surface area contributed by atoms with Crippen molar-refractivity contribution >= 4 is 21.4 Å². The lowest BCUT2D eigenvalue weighted by Gasteiger charge is -2.10. The molecule has 0 amide bonds. The fourth-order valence-electron chi connectivity index (χ4n) is 4.24. The van der Waals surface area contributed by atoms with Crippen LogP contribution in [-0.2, 0) is 22.9 Å². The lowest BCUT2D eigenvalue weighted by atomic mass is 9.94. The first-order valence-electron chi connectivity index (χ1n) is 11.5. The van der Waals surface area contributed by atoms with Gasteiger partial charge in [0.25, 0.3) is 0 Å². The van der Waals surface area contributed by atoms with Crippen LogP contribution in [0, 0.1) is 30.5 Å². The zero-order valence-electron chi connectivity index (χ0n) is 19.3. The minimum atomic E-state index is -4.10. The van der Waals surface area contributed by atoms with Gasteiger partial charge in [0.1, 0.15) is 10.7 Å². The van der Waals surface area contributed by atoms with E-state index >= 15 is 0 Å². The van der Waals surface area contributed by atoms with Crippen LogP contribution in [0.4, 0.5) is 4.39 Å². The molecule has 1 aliphatic carbocycles. The molecule has 2 aromatic carbocycles. The Morgan fingerprint density at radius 3 is 2.63 bits per heavy atom. The van der Waals surface area contributed by atoms with E-state index in [9.17, 15) is 12.8 Å². The predicted octanol–water partition coefficient (Wildman–Crippen LogP) is 5.78.